The van der Waals surface area contributed by atoms with Crippen molar-refractivity contribution in [2.24, 2.45) is 0 Å². The van der Waals surface area contributed by atoms with Crippen LogP contribution in [0.2, 0.25) is 10.0 Å². The van der Waals surface area contributed by atoms with Crippen LogP contribution in [0.25, 0.3) is 11.0 Å². The number of aromatic amines is 1. The number of carbonyl (C=O) groups excluding carboxylic acids is 1. The minimum absolute atomic E-state index is 0.0843. The number of aromatic nitrogens is 2. The number of hydrogen-bond donors (Lipinski definition) is 2. The molecule has 4 nitrogen and oxygen atoms in total. The van der Waals surface area contributed by atoms with Crippen LogP contribution in [-0.2, 0) is 4.79 Å². The summed E-state index contributed by atoms with van der Waals surface area (Å²) in [6, 6.07) is 12.8. The Morgan fingerprint density at radius 3 is 2.83 bits per heavy atom. The molecule has 124 valence electrons. The molecule has 3 rings (SSSR count). The van der Waals surface area contributed by atoms with E-state index >= 15 is 0 Å². The molecule has 0 saturated heterocycles. The molecule has 1 amide bonds. The maximum atomic E-state index is 12.2. The molecule has 2 aromatic carbocycles. The van der Waals surface area contributed by atoms with Gasteiger partial charge in [-0.15, -0.1) is 0 Å². The third-order valence-electron chi connectivity index (χ3n) is 3.51. The molecule has 0 aliphatic rings. The quantitative estimate of drug-likeness (QED) is 0.623. The van der Waals surface area contributed by atoms with Crippen LogP contribution in [0.15, 0.2) is 47.6 Å². The molecule has 0 aliphatic heterocycles. The fourth-order valence-electron chi connectivity index (χ4n) is 2.35. The second-order valence-electron chi connectivity index (χ2n) is 5.30. The summed E-state index contributed by atoms with van der Waals surface area (Å²) in [5.74, 6) is 0.189. The van der Waals surface area contributed by atoms with E-state index in [0.29, 0.717) is 10.0 Å². The number of fused-ring (bicyclic) bond motifs is 1. The number of rotatable bonds is 5. The molecule has 0 fully saturated rings. The summed E-state index contributed by atoms with van der Waals surface area (Å²) in [5, 5.41) is 4.77. The lowest BCUT2D eigenvalue weighted by atomic mass is 10.1. The first-order valence-corrected chi connectivity index (χ1v) is 9.09. The molecule has 0 radical (unpaired) electrons. The van der Waals surface area contributed by atoms with Crippen LogP contribution >= 0.6 is 35.0 Å². The molecule has 0 aliphatic carbocycles. The Hall–Kier alpha value is -1.69. The predicted octanol–water partition coefficient (Wildman–Crippen LogP) is 4.84. The lowest BCUT2D eigenvalue weighted by Crippen LogP contribution is -2.28. The molecule has 1 atom stereocenters. The smallest absolute Gasteiger partial charge is 0.230 e. The van der Waals surface area contributed by atoms with Gasteiger partial charge in [0.2, 0.25) is 5.91 Å². The number of para-hydroxylation sites is 2. The normalized spacial score (nSPS) is 12.3. The number of hydrogen-bond acceptors (Lipinski definition) is 3. The van der Waals surface area contributed by atoms with Crippen molar-refractivity contribution in [1.82, 2.24) is 15.3 Å². The fourth-order valence-corrected chi connectivity index (χ4v) is 3.61. The van der Waals surface area contributed by atoms with Gasteiger partial charge in [-0.1, -0.05) is 53.2 Å². The summed E-state index contributed by atoms with van der Waals surface area (Å²) in [7, 11) is 0. The lowest BCUT2D eigenvalue weighted by Gasteiger charge is -2.15. The Labute approximate surface area is 153 Å². The van der Waals surface area contributed by atoms with E-state index in [2.05, 4.69) is 15.3 Å². The second kappa shape index (κ2) is 7.47. The van der Waals surface area contributed by atoms with Crippen molar-refractivity contribution in [2.75, 3.05) is 5.75 Å². The van der Waals surface area contributed by atoms with E-state index in [1.807, 2.05) is 37.3 Å². The fraction of sp³-hybridized carbons (Fsp3) is 0.176. The Bertz CT molecular complexity index is 848. The molecule has 2 N–H and O–H groups in total. The van der Waals surface area contributed by atoms with Crippen molar-refractivity contribution < 1.29 is 4.79 Å². The van der Waals surface area contributed by atoms with E-state index in [9.17, 15) is 4.79 Å². The molecular formula is C17H15Cl2N3OS. The Balaban J connectivity index is 1.58. The molecule has 3 aromatic rings. The van der Waals surface area contributed by atoms with Crippen molar-refractivity contribution in [3.63, 3.8) is 0 Å². The van der Waals surface area contributed by atoms with Crippen LogP contribution in [-0.4, -0.2) is 21.6 Å². The SMILES string of the molecule is CC(NC(=O)CSc1nc2ccccc2[nH]1)c1ccc(Cl)cc1Cl. The zero-order chi connectivity index (χ0) is 17.1. The number of H-pyrrole nitrogens is 1. The highest BCUT2D eigenvalue weighted by Crippen LogP contribution is 2.26. The maximum Gasteiger partial charge on any atom is 0.230 e. The minimum atomic E-state index is -0.196. The van der Waals surface area contributed by atoms with E-state index in [-0.39, 0.29) is 17.7 Å². The van der Waals surface area contributed by atoms with Gasteiger partial charge in [-0.25, -0.2) is 4.98 Å². The predicted molar refractivity (Wildman–Crippen MR) is 99.8 cm³/mol. The zero-order valence-electron chi connectivity index (χ0n) is 12.8. The van der Waals surface area contributed by atoms with Gasteiger partial charge in [0.05, 0.1) is 22.8 Å². The highest BCUT2D eigenvalue weighted by molar-refractivity contribution is 7.99. The molecule has 1 aromatic heterocycles. The van der Waals surface area contributed by atoms with Gasteiger partial charge in [-0.3, -0.25) is 4.79 Å². The first-order valence-electron chi connectivity index (χ1n) is 7.35. The monoisotopic (exact) mass is 379 g/mol. The number of thioether (sulfide) groups is 1. The molecule has 0 saturated carbocycles. The van der Waals surface area contributed by atoms with Crippen LogP contribution in [0.4, 0.5) is 0 Å². The summed E-state index contributed by atoms with van der Waals surface area (Å²) in [4.78, 5) is 19.8. The Kier molecular flexibility index (Phi) is 5.33. The highest BCUT2D eigenvalue weighted by Gasteiger charge is 2.14. The molecule has 1 heterocycles. The number of amides is 1. The summed E-state index contributed by atoms with van der Waals surface area (Å²) < 4.78 is 0. The average Bonchev–Trinajstić information content (AvgIpc) is 2.95. The number of nitrogens with zero attached hydrogens (tertiary/aromatic N) is 1. The van der Waals surface area contributed by atoms with Crippen molar-refractivity contribution in [3.8, 4) is 0 Å². The van der Waals surface area contributed by atoms with Crippen LogP contribution in [0.3, 0.4) is 0 Å². The molecular weight excluding hydrogens is 365 g/mol. The third kappa shape index (κ3) is 4.04. The van der Waals surface area contributed by atoms with Gasteiger partial charge >= 0.3 is 0 Å². The van der Waals surface area contributed by atoms with Gasteiger partial charge in [-0.2, -0.15) is 0 Å². The maximum absolute atomic E-state index is 12.2. The molecule has 0 bridgehead atoms. The van der Waals surface area contributed by atoms with Crippen molar-refractivity contribution in [3.05, 3.63) is 58.1 Å². The van der Waals surface area contributed by atoms with E-state index in [4.69, 9.17) is 23.2 Å². The van der Waals surface area contributed by atoms with Gasteiger partial charge < -0.3 is 10.3 Å². The van der Waals surface area contributed by atoms with Crippen molar-refractivity contribution >= 4 is 51.9 Å². The van der Waals surface area contributed by atoms with Crippen molar-refractivity contribution in [2.45, 2.75) is 18.1 Å². The first kappa shape index (κ1) is 17.1. The molecule has 1 unspecified atom stereocenters. The van der Waals surface area contributed by atoms with E-state index in [0.717, 1.165) is 21.8 Å². The largest absolute Gasteiger partial charge is 0.349 e. The van der Waals surface area contributed by atoms with Crippen LogP contribution in [0, 0.1) is 0 Å². The van der Waals surface area contributed by atoms with Crippen molar-refractivity contribution in [1.29, 1.82) is 0 Å². The van der Waals surface area contributed by atoms with Gasteiger partial charge in [0.15, 0.2) is 5.16 Å². The Morgan fingerprint density at radius 1 is 1.29 bits per heavy atom. The summed E-state index contributed by atoms with van der Waals surface area (Å²) >= 11 is 13.4. The summed E-state index contributed by atoms with van der Waals surface area (Å²) in [6.07, 6.45) is 0. The van der Waals surface area contributed by atoms with Gasteiger partial charge in [0, 0.05) is 10.0 Å². The molecule has 24 heavy (non-hydrogen) atoms. The van der Waals surface area contributed by atoms with E-state index in [1.165, 1.54) is 11.8 Å². The number of carbonyl (C=O) groups is 1. The minimum Gasteiger partial charge on any atom is -0.349 e. The van der Waals surface area contributed by atoms with Gasteiger partial charge in [0.25, 0.3) is 0 Å². The molecule has 7 heteroatoms. The number of benzene rings is 2. The second-order valence-corrected chi connectivity index (χ2v) is 7.11. The molecule has 0 spiro atoms. The zero-order valence-corrected chi connectivity index (χ0v) is 15.2. The topological polar surface area (TPSA) is 57.8 Å². The first-order chi connectivity index (χ1) is 11.5. The standard InChI is InChI=1S/C17H15Cl2N3OS/c1-10(12-7-6-11(18)8-13(12)19)20-16(23)9-24-17-21-14-4-2-3-5-15(14)22-17/h2-8,10H,9H2,1H3,(H,20,23)(H,21,22). The lowest BCUT2D eigenvalue weighted by molar-refractivity contribution is -0.119. The van der Waals surface area contributed by atoms with Crippen LogP contribution in [0.5, 0.6) is 0 Å². The van der Waals surface area contributed by atoms with E-state index < -0.39 is 0 Å². The van der Waals surface area contributed by atoms with Crippen LogP contribution < -0.4 is 5.32 Å². The van der Waals surface area contributed by atoms with Gasteiger partial charge in [-0.05, 0) is 36.8 Å². The average molecular weight is 380 g/mol. The van der Waals surface area contributed by atoms with Gasteiger partial charge in [0.1, 0.15) is 0 Å². The highest BCUT2D eigenvalue weighted by atomic mass is 35.5. The third-order valence-corrected chi connectivity index (χ3v) is 4.95. The summed E-state index contributed by atoms with van der Waals surface area (Å²) in [5.41, 5.74) is 2.69. The van der Waals surface area contributed by atoms with E-state index in [1.54, 1.807) is 12.1 Å². The summed E-state index contributed by atoms with van der Waals surface area (Å²) in [6.45, 7) is 1.89. The number of halogens is 2. The Morgan fingerprint density at radius 2 is 2.08 bits per heavy atom. The number of imidazole rings is 1. The number of nitrogens with one attached hydrogen (secondary N) is 2. The van der Waals surface area contributed by atoms with Crippen LogP contribution in [0.1, 0.15) is 18.5 Å².